The lowest BCUT2D eigenvalue weighted by atomic mass is 10.4. The minimum atomic E-state index is 0.605. The maximum Gasteiger partial charge on any atom is 0.0687 e. The van der Waals surface area contributed by atoms with Crippen LogP contribution in [0.5, 0.6) is 0 Å². The predicted molar refractivity (Wildman–Crippen MR) is 56.9 cm³/mol. The van der Waals surface area contributed by atoms with E-state index in [2.05, 4.69) is 4.84 Å². The van der Waals surface area contributed by atoms with Gasteiger partial charge in [0.25, 0.3) is 0 Å². The molecular formula is C9H12ClNOS. The molecule has 0 saturated heterocycles. The van der Waals surface area contributed by atoms with Crippen molar-refractivity contribution < 1.29 is 4.84 Å². The van der Waals surface area contributed by atoms with E-state index < -0.39 is 0 Å². The first-order valence-electron chi connectivity index (χ1n) is 4.03. The Bertz CT molecular complexity index is 257. The molecule has 0 radical (unpaired) electrons. The van der Waals surface area contributed by atoms with Crippen molar-refractivity contribution in [2.75, 3.05) is 12.4 Å². The van der Waals surface area contributed by atoms with Crippen molar-refractivity contribution in [1.82, 2.24) is 0 Å². The van der Waals surface area contributed by atoms with Crippen LogP contribution in [0.3, 0.4) is 0 Å². The van der Waals surface area contributed by atoms with Crippen LogP contribution in [0.25, 0.3) is 0 Å². The molecule has 0 saturated carbocycles. The van der Waals surface area contributed by atoms with Gasteiger partial charge in [-0.2, -0.15) is 0 Å². The van der Waals surface area contributed by atoms with Crippen LogP contribution >= 0.6 is 23.4 Å². The first-order chi connectivity index (χ1) is 6.33. The van der Waals surface area contributed by atoms with Gasteiger partial charge in [0.05, 0.1) is 6.61 Å². The second kappa shape index (κ2) is 6.27. The normalized spacial score (nSPS) is 10.3. The molecule has 0 spiro atoms. The number of nitrogens with two attached hydrogens (primary N) is 1. The summed E-state index contributed by atoms with van der Waals surface area (Å²) in [6.45, 7) is 0.605. The molecule has 1 aromatic rings. The number of hydrogen-bond acceptors (Lipinski definition) is 3. The van der Waals surface area contributed by atoms with Gasteiger partial charge in [-0.1, -0.05) is 17.7 Å². The van der Waals surface area contributed by atoms with Gasteiger partial charge >= 0.3 is 0 Å². The van der Waals surface area contributed by atoms with Gasteiger partial charge in [0, 0.05) is 15.7 Å². The van der Waals surface area contributed by atoms with Crippen LogP contribution in [0.4, 0.5) is 0 Å². The fourth-order valence-corrected chi connectivity index (χ4v) is 2.03. The first kappa shape index (κ1) is 10.9. The molecular weight excluding hydrogens is 206 g/mol. The zero-order chi connectivity index (χ0) is 9.52. The molecule has 0 aromatic heterocycles. The molecule has 1 aromatic carbocycles. The predicted octanol–water partition coefficient (Wildman–Crippen LogP) is 2.71. The highest BCUT2D eigenvalue weighted by Gasteiger charge is 1.94. The molecule has 0 aliphatic rings. The lowest BCUT2D eigenvalue weighted by Gasteiger charge is -2.00. The van der Waals surface area contributed by atoms with Crippen molar-refractivity contribution in [2.45, 2.75) is 11.3 Å². The molecule has 72 valence electrons. The average Bonchev–Trinajstić information content (AvgIpc) is 2.13. The lowest BCUT2D eigenvalue weighted by Crippen LogP contribution is -2.01. The maximum absolute atomic E-state index is 5.83. The molecule has 0 fully saturated rings. The molecule has 0 heterocycles. The van der Waals surface area contributed by atoms with E-state index in [4.69, 9.17) is 17.5 Å². The third kappa shape index (κ3) is 4.52. The van der Waals surface area contributed by atoms with Gasteiger partial charge < -0.3 is 4.84 Å². The zero-order valence-corrected chi connectivity index (χ0v) is 8.77. The van der Waals surface area contributed by atoms with Crippen LogP contribution < -0.4 is 5.90 Å². The van der Waals surface area contributed by atoms with E-state index in [1.807, 2.05) is 24.3 Å². The minimum absolute atomic E-state index is 0.605. The van der Waals surface area contributed by atoms with Gasteiger partial charge in [-0.15, -0.1) is 11.8 Å². The van der Waals surface area contributed by atoms with E-state index in [0.29, 0.717) is 6.61 Å². The van der Waals surface area contributed by atoms with Gasteiger partial charge in [0.1, 0.15) is 0 Å². The minimum Gasteiger partial charge on any atom is -0.305 e. The summed E-state index contributed by atoms with van der Waals surface area (Å²) in [4.78, 5) is 5.65. The highest BCUT2D eigenvalue weighted by Crippen LogP contribution is 2.21. The molecule has 2 N–H and O–H groups in total. The summed E-state index contributed by atoms with van der Waals surface area (Å²) < 4.78 is 0. The molecule has 13 heavy (non-hydrogen) atoms. The van der Waals surface area contributed by atoms with Crippen molar-refractivity contribution in [2.24, 2.45) is 5.90 Å². The highest BCUT2D eigenvalue weighted by molar-refractivity contribution is 7.99. The molecule has 0 atom stereocenters. The van der Waals surface area contributed by atoms with Gasteiger partial charge in [0.2, 0.25) is 0 Å². The standard InChI is InChI=1S/C9H12ClNOS/c10-8-3-1-4-9(7-8)13-6-2-5-12-11/h1,3-4,7H,2,5-6,11H2. The van der Waals surface area contributed by atoms with E-state index >= 15 is 0 Å². The van der Waals surface area contributed by atoms with Crippen LogP contribution in [0, 0.1) is 0 Å². The number of halogens is 1. The molecule has 0 aliphatic carbocycles. The Labute approximate surface area is 87.4 Å². The molecule has 0 amide bonds. The van der Waals surface area contributed by atoms with Gasteiger partial charge in [0.15, 0.2) is 0 Å². The van der Waals surface area contributed by atoms with Gasteiger partial charge in [-0.05, 0) is 24.6 Å². The van der Waals surface area contributed by atoms with Crippen LogP contribution in [0.2, 0.25) is 5.02 Å². The smallest absolute Gasteiger partial charge is 0.0687 e. The van der Waals surface area contributed by atoms with Crippen molar-refractivity contribution in [3.05, 3.63) is 29.3 Å². The Morgan fingerprint density at radius 2 is 2.31 bits per heavy atom. The summed E-state index contributed by atoms with van der Waals surface area (Å²) in [5.41, 5.74) is 0. The van der Waals surface area contributed by atoms with E-state index in [1.54, 1.807) is 11.8 Å². The van der Waals surface area contributed by atoms with Crippen molar-refractivity contribution in [1.29, 1.82) is 0 Å². The Morgan fingerprint density at radius 3 is 3.00 bits per heavy atom. The van der Waals surface area contributed by atoms with Gasteiger partial charge in [-0.3, -0.25) is 0 Å². The summed E-state index contributed by atoms with van der Waals surface area (Å²) in [5, 5.41) is 0.778. The monoisotopic (exact) mass is 217 g/mol. The largest absolute Gasteiger partial charge is 0.305 e. The lowest BCUT2D eigenvalue weighted by molar-refractivity contribution is 0.139. The molecule has 0 unspecified atom stereocenters. The van der Waals surface area contributed by atoms with E-state index in [-0.39, 0.29) is 0 Å². The third-order valence-corrected chi connectivity index (χ3v) is 2.79. The Hall–Kier alpha value is -0.220. The van der Waals surface area contributed by atoms with Crippen LogP contribution in [-0.2, 0) is 4.84 Å². The summed E-state index contributed by atoms with van der Waals surface area (Å²) >= 11 is 7.58. The van der Waals surface area contributed by atoms with E-state index in [9.17, 15) is 0 Å². The van der Waals surface area contributed by atoms with Crippen LogP contribution in [0.15, 0.2) is 29.2 Å². The Morgan fingerprint density at radius 1 is 1.46 bits per heavy atom. The van der Waals surface area contributed by atoms with Crippen molar-refractivity contribution in [3.63, 3.8) is 0 Å². The second-order valence-electron chi connectivity index (χ2n) is 2.53. The van der Waals surface area contributed by atoms with Crippen LogP contribution in [-0.4, -0.2) is 12.4 Å². The molecule has 4 heteroatoms. The fraction of sp³-hybridized carbons (Fsp3) is 0.333. The second-order valence-corrected chi connectivity index (χ2v) is 4.13. The topological polar surface area (TPSA) is 35.2 Å². The van der Waals surface area contributed by atoms with Gasteiger partial charge in [-0.25, -0.2) is 5.90 Å². The average molecular weight is 218 g/mol. The van der Waals surface area contributed by atoms with E-state index in [0.717, 1.165) is 17.2 Å². The van der Waals surface area contributed by atoms with E-state index in [1.165, 1.54) is 4.90 Å². The molecule has 0 aliphatic heterocycles. The first-order valence-corrected chi connectivity index (χ1v) is 5.39. The Balaban J connectivity index is 2.28. The number of benzene rings is 1. The van der Waals surface area contributed by atoms with Crippen molar-refractivity contribution >= 4 is 23.4 Å². The number of hydrogen-bond donors (Lipinski definition) is 1. The molecule has 1 rings (SSSR count). The maximum atomic E-state index is 5.83. The van der Waals surface area contributed by atoms with Crippen LogP contribution in [0.1, 0.15) is 6.42 Å². The SMILES string of the molecule is NOCCCSc1cccc(Cl)c1. The highest BCUT2D eigenvalue weighted by atomic mass is 35.5. The summed E-state index contributed by atoms with van der Waals surface area (Å²) in [6.07, 6.45) is 0.952. The summed E-state index contributed by atoms with van der Waals surface area (Å²) in [6, 6.07) is 7.81. The van der Waals surface area contributed by atoms with Crippen molar-refractivity contribution in [3.8, 4) is 0 Å². The zero-order valence-electron chi connectivity index (χ0n) is 7.20. The number of thioether (sulfide) groups is 1. The molecule has 0 bridgehead atoms. The summed E-state index contributed by atoms with van der Waals surface area (Å²) in [5.74, 6) is 5.90. The quantitative estimate of drug-likeness (QED) is 0.468. The Kier molecular flexibility index (Phi) is 5.23. The summed E-state index contributed by atoms with van der Waals surface area (Å²) in [7, 11) is 0. The third-order valence-electron chi connectivity index (χ3n) is 1.47. The number of rotatable bonds is 5. The molecule has 2 nitrogen and oxygen atoms in total. The fourth-order valence-electron chi connectivity index (χ4n) is 0.889.